The van der Waals surface area contributed by atoms with Gasteiger partial charge >= 0.3 is 0 Å². The Kier molecular flexibility index (Phi) is 6.29. The average molecular weight is 283 g/mol. The van der Waals surface area contributed by atoms with E-state index in [2.05, 4.69) is 61.6 Å². The van der Waals surface area contributed by atoms with Crippen molar-refractivity contribution < 1.29 is 4.74 Å². The molecule has 2 rings (SSSR count). The zero-order chi connectivity index (χ0) is 14.9. The van der Waals surface area contributed by atoms with E-state index < -0.39 is 0 Å². The van der Waals surface area contributed by atoms with Crippen LogP contribution in [0.2, 0.25) is 0 Å². The van der Waals surface area contributed by atoms with Crippen molar-refractivity contribution >= 4 is 0 Å². The monoisotopic (exact) mass is 283 g/mol. The van der Waals surface area contributed by atoms with Crippen LogP contribution in [0.1, 0.15) is 37.4 Å². The van der Waals surface area contributed by atoms with E-state index in [1.54, 1.807) is 0 Å². The molecule has 0 heterocycles. The predicted molar refractivity (Wildman–Crippen MR) is 88.8 cm³/mol. The lowest BCUT2D eigenvalue weighted by atomic mass is 10.1. The third-order valence-corrected chi connectivity index (χ3v) is 3.60. The second-order valence-corrected chi connectivity index (χ2v) is 5.19. The highest BCUT2D eigenvalue weighted by atomic mass is 16.5. The van der Waals surface area contributed by atoms with Crippen LogP contribution >= 0.6 is 0 Å². The zero-order valence-corrected chi connectivity index (χ0v) is 13.0. The van der Waals surface area contributed by atoms with E-state index in [9.17, 15) is 0 Å². The molecule has 0 fully saturated rings. The molecule has 112 valence electrons. The molecule has 1 atom stereocenters. The van der Waals surface area contributed by atoms with Crippen molar-refractivity contribution in [3.63, 3.8) is 0 Å². The van der Waals surface area contributed by atoms with Gasteiger partial charge in [0, 0.05) is 0 Å². The Morgan fingerprint density at radius 3 is 2.38 bits per heavy atom. The van der Waals surface area contributed by atoms with Gasteiger partial charge in [-0.25, -0.2) is 0 Å². The lowest BCUT2D eigenvalue weighted by molar-refractivity contribution is 0.264. The predicted octanol–water partition coefficient (Wildman–Crippen LogP) is 4.37. The smallest absolute Gasteiger partial charge is 0.122 e. The Bertz CT molecular complexity index is 524. The van der Waals surface area contributed by atoms with E-state index in [-0.39, 0.29) is 6.04 Å². The minimum absolute atomic E-state index is 0.232. The molecular weight excluding hydrogens is 258 g/mol. The number of para-hydroxylation sites is 1. The fraction of sp³-hybridized carbons (Fsp3) is 0.368. The van der Waals surface area contributed by atoms with E-state index in [1.807, 2.05) is 12.1 Å². The molecular formula is C19H25NO. The Morgan fingerprint density at radius 2 is 1.67 bits per heavy atom. The summed E-state index contributed by atoms with van der Waals surface area (Å²) in [5, 5.41) is 3.57. The molecule has 0 aliphatic rings. The number of rotatable bonds is 8. The summed E-state index contributed by atoms with van der Waals surface area (Å²) in [6.45, 7) is 5.99. The van der Waals surface area contributed by atoms with Gasteiger partial charge in [0.05, 0.1) is 6.04 Å². The SMILES string of the molecule is CCCNC(COc1ccccc1CC)c1ccccc1. The zero-order valence-electron chi connectivity index (χ0n) is 13.0. The molecule has 0 amide bonds. The van der Waals surface area contributed by atoms with Crippen LogP contribution in [0, 0.1) is 0 Å². The van der Waals surface area contributed by atoms with Crippen LogP contribution in [0.4, 0.5) is 0 Å². The van der Waals surface area contributed by atoms with Gasteiger partial charge in [-0.15, -0.1) is 0 Å². The van der Waals surface area contributed by atoms with Crippen molar-refractivity contribution in [2.75, 3.05) is 13.2 Å². The number of aryl methyl sites for hydroxylation is 1. The molecule has 2 aromatic carbocycles. The topological polar surface area (TPSA) is 21.3 Å². The third kappa shape index (κ3) is 4.61. The van der Waals surface area contributed by atoms with E-state index in [0.29, 0.717) is 6.61 Å². The van der Waals surface area contributed by atoms with Gasteiger partial charge in [-0.1, -0.05) is 62.4 Å². The summed E-state index contributed by atoms with van der Waals surface area (Å²) < 4.78 is 6.08. The van der Waals surface area contributed by atoms with E-state index in [1.165, 1.54) is 11.1 Å². The Labute approximate surface area is 128 Å². The Hall–Kier alpha value is -1.80. The van der Waals surface area contributed by atoms with Gasteiger partial charge in [-0.3, -0.25) is 0 Å². The molecule has 1 N–H and O–H groups in total. The molecule has 2 heteroatoms. The second-order valence-electron chi connectivity index (χ2n) is 5.19. The van der Waals surface area contributed by atoms with Crippen molar-refractivity contribution in [1.82, 2.24) is 5.32 Å². The maximum Gasteiger partial charge on any atom is 0.122 e. The molecule has 0 spiro atoms. The van der Waals surface area contributed by atoms with Crippen LogP contribution < -0.4 is 10.1 Å². The van der Waals surface area contributed by atoms with Crippen molar-refractivity contribution in [3.05, 3.63) is 65.7 Å². The summed E-state index contributed by atoms with van der Waals surface area (Å²) in [5.74, 6) is 0.999. The van der Waals surface area contributed by atoms with Crippen LogP contribution in [0.15, 0.2) is 54.6 Å². The first-order chi connectivity index (χ1) is 10.3. The summed E-state index contributed by atoms with van der Waals surface area (Å²) in [6.07, 6.45) is 2.11. The summed E-state index contributed by atoms with van der Waals surface area (Å²) in [7, 11) is 0. The number of benzene rings is 2. The minimum Gasteiger partial charge on any atom is -0.491 e. The Morgan fingerprint density at radius 1 is 0.952 bits per heavy atom. The normalized spacial score (nSPS) is 12.1. The lowest BCUT2D eigenvalue weighted by Crippen LogP contribution is -2.27. The first-order valence-corrected chi connectivity index (χ1v) is 7.84. The molecule has 0 saturated heterocycles. The van der Waals surface area contributed by atoms with Gasteiger partial charge in [0.25, 0.3) is 0 Å². The molecule has 2 nitrogen and oxygen atoms in total. The highest BCUT2D eigenvalue weighted by Gasteiger charge is 2.12. The van der Waals surface area contributed by atoms with Crippen molar-refractivity contribution in [2.24, 2.45) is 0 Å². The molecule has 2 aromatic rings. The molecule has 0 radical (unpaired) electrons. The maximum atomic E-state index is 6.08. The van der Waals surface area contributed by atoms with Gasteiger partial charge in [0.15, 0.2) is 0 Å². The summed E-state index contributed by atoms with van der Waals surface area (Å²) in [4.78, 5) is 0. The van der Waals surface area contributed by atoms with Gasteiger partial charge < -0.3 is 10.1 Å². The number of hydrogen-bond donors (Lipinski definition) is 1. The fourth-order valence-electron chi connectivity index (χ4n) is 2.39. The van der Waals surface area contributed by atoms with Crippen molar-refractivity contribution in [1.29, 1.82) is 0 Å². The largest absolute Gasteiger partial charge is 0.491 e. The van der Waals surface area contributed by atoms with Gasteiger partial charge in [0.1, 0.15) is 12.4 Å². The molecule has 0 saturated carbocycles. The first-order valence-electron chi connectivity index (χ1n) is 7.84. The third-order valence-electron chi connectivity index (χ3n) is 3.60. The number of ether oxygens (including phenoxy) is 1. The summed E-state index contributed by atoms with van der Waals surface area (Å²) in [5.41, 5.74) is 2.54. The van der Waals surface area contributed by atoms with Crippen LogP contribution in [-0.2, 0) is 6.42 Å². The van der Waals surface area contributed by atoms with Gasteiger partial charge in [-0.05, 0) is 36.6 Å². The molecule has 21 heavy (non-hydrogen) atoms. The molecule has 0 aliphatic heterocycles. The van der Waals surface area contributed by atoms with Gasteiger partial charge in [-0.2, -0.15) is 0 Å². The quantitative estimate of drug-likeness (QED) is 0.777. The van der Waals surface area contributed by atoms with Gasteiger partial charge in [0.2, 0.25) is 0 Å². The van der Waals surface area contributed by atoms with Crippen LogP contribution in [0.3, 0.4) is 0 Å². The molecule has 1 unspecified atom stereocenters. The van der Waals surface area contributed by atoms with Crippen LogP contribution in [-0.4, -0.2) is 13.2 Å². The molecule has 0 aliphatic carbocycles. The van der Waals surface area contributed by atoms with Crippen molar-refractivity contribution in [2.45, 2.75) is 32.7 Å². The number of hydrogen-bond acceptors (Lipinski definition) is 2. The van der Waals surface area contributed by atoms with Crippen LogP contribution in [0.5, 0.6) is 5.75 Å². The Balaban J connectivity index is 2.05. The van der Waals surface area contributed by atoms with E-state index in [4.69, 9.17) is 4.74 Å². The second kappa shape index (κ2) is 8.48. The standard InChI is InChI=1S/C19H25NO/c1-3-14-20-18(17-11-6-5-7-12-17)15-21-19-13-9-8-10-16(19)4-2/h5-13,18,20H,3-4,14-15H2,1-2H3. The first kappa shape index (κ1) is 15.6. The van der Waals surface area contributed by atoms with Crippen molar-refractivity contribution in [3.8, 4) is 5.75 Å². The summed E-state index contributed by atoms with van der Waals surface area (Å²) >= 11 is 0. The minimum atomic E-state index is 0.232. The highest BCUT2D eigenvalue weighted by Crippen LogP contribution is 2.21. The lowest BCUT2D eigenvalue weighted by Gasteiger charge is -2.20. The highest BCUT2D eigenvalue weighted by molar-refractivity contribution is 5.33. The van der Waals surface area contributed by atoms with Crippen LogP contribution in [0.25, 0.3) is 0 Å². The molecule has 0 bridgehead atoms. The summed E-state index contributed by atoms with van der Waals surface area (Å²) in [6, 6.07) is 19.0. The number of nitrogens with one attached hydrogen (secondary N) is 1. The maximum absolute atomic E-state index is 6.08. The van der Waals surface area contributed by atoms with E-state index >= 15 is 0 Å². The molecule has 0 aromatic heterocycles. The average Bonchev–Trinajstić information content (AvgIpc) is 2.56. The fourth-order valence-corrected chi connectivity index (χ4v) is 2.39. The van der Waals surface area contributed by atoms with E-state index in [0.717, 1.165) is 25.1 Å².